The monoisotopic (exact) mass is 226 g/mol. The molecular weight excluding hydrogens is 200 g/mol. The Hall–Kier alpha value is -0.570. The van der Waals surface area contributed by atoms with Crippen LogP contribution >= 0.6 is 0 Å². The van der Waals surface area contributed by atoms with E-state index >= 15 is 0 Å². The van der Waals surface area contributed by atoms with E-state index in [0.717, 1.165) is 25.9 Å². The minimum atomic E-state index is -0.410. The van der Waals surface area contributed by atoms with Crippen LogP contribution < -0.4 is 5.32 Å². The maximum absolute atomic E-state index is 12.3. The second kappa shape index (κ2) is 5.17. The Bertz CT molecular complexity index is 248. The summed E-state index contributed by atoms with van der Waals surface area (Å²) in [5, 5.41) is 3.39. The first-order chi connectivity index (χ1) is 7.33. The highest BCUT2D eigenvalue weighted by atomic mass is 16.2. The SMILES string of the molecule is CC(C)CCN1CCC(C)NC(C)(C)C1=O. The summed E-state index contributed by atoms with van der Waals surface area (Å²) in [4.78, 5) is 14.3. The molecule has 1 fully saturated rings. The maximum atomic E-state index is 12.3. The molecule has 0 bridgehead atoms. The zero-order valence-corrected chi connectivity index (χ0v) is 11.3. The summed E-state index contributed by atoms with van der Waals surface area (Å²) in [5.41, 5.74) is -0.410. The second-order valence-electron chi connectivity index (χ2n) is 5.93. The minimum absolute atomic E-state index is 0.248. The molecule has 0 radical (unpaired) electrons. The van der Waals surface area contributed by atoms with Crippen molar-refractivity contribution in [2.45, 2.75) is 59.0 Å². The summed E-state index contributed by atoms with van der Waals surface area (Å²) in [6.07, 6.45) is 2.14. The average Bonchev–Trinajstić information content (AvgIpc) is 2.23. The van der Waals surface area contributed by atoms with E-state index in [1.807, 2.05) is 18.7 Å². The summed E-state index contributed by atoms with van der Waals surface area (Å²) in [6, 6.07) is 0.419. The summed E-state index contributed by atoms with van der Waals surface area (Å²) in [5.74, 6) is 0.905. The fourth-order valence-corrected chi connectivity index (χ4v) is 2.22. The van der Waals surface area contributed by atoms with Crippen molar-refractivity contribution in [2.24, 2.45) is 5.92 Å². The van der Waals surface area contributed by atoms with Gasteiger partial charge in [-0.2, -0.15) is 0 Å². The molecule has 1 heterocycles. The topological polar surface area (TPSA) is 32.3 Å². The van der Waals surface area contributed by atoms with Gasteiger partial charge in [0.05, 0.1) is 5.54 Å². The summed E-state index contributed by atoms with van der Waals surface area (Å²) < 4.78 is 0. The fraction of sp³-hybridized carbons (Fsp3) is 0.923. The fourth-order valence-electron chi connectivity index (χ4n) is 2.22. The molecule has 1 aliphatic rings. The molecule has 1 atom stereocenters. The molecule has 0 aliphatic carbocycles. The first-order valence-electron chi connectivity index (χ1n) is 6.40. The standard InChI is InChI=1S/C13H26N2O/c1-10(2)6-8-15-9-7-11(3)14-13(4,5)12(15)16/h10-11,14H,6-9H2,1-5H3. The van der Waals surface area contributed by atoms with Crippen molar-refractivity contribution in [1.29, 1.82) is 0 Å². The largest absolute Gasteiger partial charge is 0.341 e. The van der Waals surface area contributed by atoms with E-state index in [2.05, 4.69) is 26.1 Å². The van der Waals surface area contributed by atoms with Crippen LogP contribution in [0.2, 0.25) is 0 Å². The third kappa shape index (κ3) is 3.48. The third-order valence-corrected chi connectivity index (χ3v) is 3.24. The zero-order valence-electron chi connectivity index (χ0n) is 11.3. The highest BCUT2D eigenvalue weighted by molar-refractivity contribution is 5.85. The Labute approximate surface area is 99.6 Å². The number of nitrogens with zero attached hydrogens (tertiary/aromatic N) is 1. The number of carbonyl (C=O) groups is 1. The molecule has 3 heteroatoms. The molecule has 1 N–H and O–H groups in total. The molecule has 0 spiro atoms. The van der Waals surface area contributed by atoms with Gasteiger partial charge in [0.1, 0.15) is 0 Å². The van der Waals surface area contributed by atoms with E-state index < -0.39 is 5.54 Å². The Morgan fingerprint density at radius 2 is 2.12 bits per heavy atom. The van der Waals surface area contributed by atoms with Crippen LogP contribution in [0.15, 0.2) is 0 Å². The van der Waals surface area contributed by atoms with E-state index in [4.69, 9.17) is 0 Å². The van der Waals surface area contributed by atoms with Crippen molar-refractivity contribution >= 4 is 5.91 Å². The molecule has 16 heavy (non-hydrogen) atoms. The number of rotatable bonds is 3. The molecule has 1 aliphatic heterocycles. The minimum Gasteiger partial charge on any atom is -0.341 e. The second-order valence-corrected chi connectivity index (χ2v) is 5.93. The lowest BCUT2D eigenvalue weighted by Gasteiger charge is -2.30. The van der Waals surface area contributed by atoms with Gasteiger partial charge in [-0.25, -0.2) is 0 Å². The molecule has 1 rings (SSSR count). The Kier molecular flexibility index (Phi) is 4.36. The Balaban J connectivity index is 2.66. The van der Waals surface area contributed by atoms with Crippen LogP contribution in [-0.4, -0.2) is 35.5 Å². The highest BCUT2D eigenvalue weighted by Crippen LogP contribution is 2.16. The zero-order chi connectivity index (χ0) is 12.3. The predicted molar refractivity (Wildman–Crippen MR) is 67.3 cm³/mol. The number of carbonyl (C=O) groups excluding carboxylic acids is 1. The highest BCUT2D eigenvalue weighted by Gasteiger charge is 2.35. The van der Waals surface area contributed by atoms with E-state index in [1.165, 1.54) is 0 Å². The summed E-state index contributed by atoms with van der Waals surface area (Å²) in [6.45, 7) is 12.3. The van der Waals surface area contributed by atoms with Crippen molar-refractivity contribution < 1.29 is 4.79 Å². The summed E-state index contributed by atoms with van der Waals surface area (Å²) >= 11 is 0. The van der Waals surface area contributed by atoms with Crippen LogP contribution in [0.3, 0.4) is 0 Å². The van der Waals surface area contributed by atoms with Crippen molar-refractivity contribution in [2.75, 3.05) is 13.1 Å². The molecule has 1 amide bonds. The van der Waals surface area contributed by atoms with Gasteiger partial charge < -0.3 is 10.2 Å². The van der Waals surface area contributed by atoms with Gasteiger partial charge in [0.2, 0.25) is 5.91 Å². The molecular formula is C13H26N2O. The molecule has 94 valence electrons. The predicted octanol–water partition coefficient (Wildman–Crippen LogP) is 2.02. The number of hydrogen-bond donors (Lipinski definition) is 1. The van der Waals surface area contributed by atoms with Gasteiger partial charge in [-0.15, -0.1) is 0 Å². The first kappa shape index (κ1) is 13.5. The molecule has 0 aromatic rings. The lowest BCUT2D eigenvalue weighted by molar-refractivity contribution is -0.136. The maximum Gasteiger partial charge on any atom is 0.242 e. The van der Waals surface area contributed by atoms with Gasteiger partial charge in [0, 0.05) is 19.1 Å². The van der Waals surface area contributed by atoms with Crippen molar-refractivity contribution in [3.63, 3.8) is 0 Å². The molecule has 0 aromatic heterocycles. The number of nitrogens with one attached hydrogen (secondary N) is 1. The van der Waals surface area contributed by atoms with Crippen LogP contribution in [0.4, 0.5) is 0 Å². The van der Waals surface area contributed by atoms with Crippen LogP contribution in [0.5, 0.6) is 0 Å². The third-order valence-electron chi connectivity index (χ3n) is 3.24. The van der Waals surface area contributed by atoms with E-state index in [0.29, 0.717) is 12.0 Å². The number of amides is 1. The Morgan fingerprint density at radius 1 is 1.50 bits per heavy atom. The first-order valence-corrected chi connectivity index (χ1v) is 6.40. The number of hydrogen-bond acceptors (Lipinski definition) is 2. The van der Waals surface area contributed by atoms with Crippen molar-refractivity contribution in [1.82, 2.24) is 10.2 Å². The van der Waals surface area contributed by atoms with Crippen LogP contribution in [0, 0.1) is 5.92 Å². The van der Waals surface area contributed by atoms with Crippen molar-refractivity contribution in [3.05, 3.63) is 0 Å². The van der Waals surface area contributed by atoms with Crippen LogP contribution in [-0.2, 0) is 4.79 Å². The van der Waals surface area contributed by atoms with E-state index in [-0.39, 0.29) is 5.91 Å². The van der Waals surface area contributed by atoms with Gasteiger partial charge in [-0.05, 0) is 39.5 Å². The lowest BCUT2D eigenvalue weighted by atomic mass is 10.0. The molecule has 0 aromatic carbocycles. The van der Waals surface area contributed by atoms with Crippen LogP contribution in [0.1, 0.15) is 47.5 Å². The normalized spacial score (nSPS) is 26.0. The Morgan fingerprint density at radius 3 is 2.69 bits per heavy atom. The summed E-state index contributed by atoms with van der Waals surface area (Å²) in [7, 11) is 0. The molecule has 1 saturated heterocycles. The van der Waals surface area contributed by atoms with Gasteiger partial charge in [0.25, 0.3) is 0 Å². The molecule has 1 unspecified atom stereocenters. The average molecular weight is 226 g/mol. The molecule has 3 nitrogen and oxygen atoms in total. The molecule has 0 saturated carbocycles. The van der Waals surface area contributed by atoms with Gasteiger partial charge >= 0.3 is 0 Å². The van der Waals surface area contributed by atoms with Gasteiger partial charge in [0.15, 0.2) is 0 Å². The van der Waals surface area contributed by atoms with Crippen LogP contribution in [0.25, 0.3) is 0 Å². The van der Waals surface area contributed by atoms with E-state index in [9.17, 15) is 4.79 Å². The lowest BCUT2D eigenvalue weighted by Crippen LogP contribution is -2.53. The smallest absolute Gasteiger partial charge is 0.242 e. The van der Waals surface area contributed by atoms with Crippen molar-refractivity contribution in [3.8, 4) is 0 Å². The quantitative estimate of drug-likeness (QED) is 0.798. The van der Waals surface area contributed by atoms with E-state index in [1.54, 1.807) is 0 Å². The van der Waals surface area contributed by atoms with Gasteiger partial charge in [-0.3, -0.25) is 4.79 Å². The van der Waals surface area contributed by atoms with Gasteiger partial charge in [-0.1, -0.05) is 13.8 Å².